The zero-order valence-electron chi connectivity index (χ0n) is 14.9. The van der Waals surface area contributed by atoms with E-state index in [-0.39, 0.29) is 5.91 Å². The number of amides is 1. The van der Waals surface area contributed by atoms with Gasteiger partial charge in [-0.05, 0) is 40.8 Å². The maximum Gasteiger partial charge on any atom is 0.224 e. The molecule has 0 saturated heterocycles. The Labute approximate surface area is 154 Å². The van der Waals surface area contributed by atoms with Crippen molar-refractivity contribution in [3.63, 3.8) is 0 Å². The Morgan fingerprint density at radius 3 is 2.69 bits per heavy atom. The van der Waals surface area contributed by atoms with Crippen molar-refractivity contribution in [3.8, 4) is 0 Å². The SMILES string of the molecule is O=C(Cc1ccc2ccccc2c1)NCCCN1CCc2ccccc21. The van der Waals surface area contributed by atoms with Gasteiger partial charge in [-0.15, -0.1) is 0 Å². The van der Waals surface area contributed by atoms with E-state index in [9.17, 15) is 4.79 Å². The lowest BCUT2D eigenvalue weighted by atomic mass is 10.0. The highest BCUT2D eigenvalue weighted by molar-refractivity contribution is 5.85. The van der Waals surface area contributed by atoms with Crippen LogP contribution in [0, 0.1) is 0 Å². The van der Waals surface area contributed by atoms with Crippen LogP contribution in [0.1, 0.15) is 17.5 Å². The van der Waals surface area contributed by atoms with Crippen LogP contribution in [0.25, 0.3) is 10.8 Å². The van der Waals surface area contributed by atoms with Gasteiger partial charge in [0, 0.05) is 25.3 Å². The summed E-state index contributed by atoms with van der Waals surface area (Å²) >= 11 is 0. The molecule has 26 heavy (non-hydrogen) atoms. The Morgan fingerprint density at radius 1 is 0.962 bits per heavy atom. The third-order valence-corrected chi connectivity index (χ3v) is 5.09. The molecule has 0 spiro atoms. The maximum absolute atomic E-state index is 12.2. The molecule has 0 unspecified atom stereocenters. The Hall–Kier alpha value is -2.81. The van der Waals surface area contributed by atoms with E-state index in [1.165, 1.54) is 22.0 Å². The minimum Gasteiger partial charge on any atom is -0.371 e. The fraction of sp³-hybridized carbons (Fsp3) is 0.261. The second-order valence-corrected chi connectivity index (χ2v) is 6.93. The number of hydrogen-bond donors (Lipinski definition) is 1. The number of carbonyl (C=O) groups is 1. The molecule has 1 aliphatic rings. The van der Waals surface area contributed by atoms with Crippen molar-refractivity contribution in [2.24, 2.45) is 0 Å². The molecule has 0 aromatic heterocycles. The van der Waals surface area contributed by atoms with Gasteiger partial charge < -0.3 is 10.2 Å². The lowest BCUT2D eigenvalue weighted by molar-refractivity contribution is -0.120. The van der Waals surface area contributed by atoms with E-state index in [0.717, 1.165) is 38.0 Å². The number of carbonyl (C=O) groups excluding carboxylic acids is 1. The number of anilines is 1. The van der Waals surface area contributed by atoms with E-state index in [0.29, 0.717) is 6.42 Å². The first-order chi connectivity index (χ1) is 12.8. The summed E-state index contributed by atoms with van der Waals surface area (Å²) in [6.45, 7) is 2.81. The van der Waals surface area contributed by atoms with Crippen LogP contribution in [-0.4, -0.2) is 25.5 Å². The van der Waals surface area contributed by atoms with Gasteiger partial charge in [-0.3, -0.25) is 4.79 Å². The molecular weight excluding hydrogens is 320 g/mol. The molecule has 0 aliphatic carbocycles. The molecule has 0 radical (unpaired) electrons. The summed E-state index contributed by atoms with van der Waals surface area (Å²) in [7, 11) is 0. The molecular formula is C23H24N2O. The molecule has 3 aromatic carbocycles. The summed E-state index contributed by atoms with van der Waals surface area (Å²) in [5, 5.41) is 5.46. The zero-order chi connectivity index (χ0) is 17.8. The number of hydrogen-bond acceptors (Lipinski definition) is 2. The largest absolute Gasteiger partial charge is 0.371 e. The van der Waals surface area contributed by atoms with Gasteiger partial charge in [-0.25, -0.2) is 0 Å². The van der Waals surface area contributed by atoms with Gasteiger partial charge in [0.05, 0.1) is 6.42 Å². The topological polar surface area (TPSA) is 32.3 Å². The molecule has 4 rings (SSSR count). The first kappa shape index (κ1) is 16.6. The molecule has 0 fully saturated rings. The minimum absolute atomic E-state index is 0.0992. The lowest BCUT2D eigenvalue weighted by Crippen LogP contribution is -2.30. The quantitative estimate of drug-likeness (QED) is 0.687. The van der Waals surface area contributed by atoms with Crippen molar-refractivity contribution in [1.82, 2.24) is 5.32 Å². The van der Waals surface area contributed by atoms with E-state index >= 15 is 0 Å². The van der Waals surface area contributed by atoms with Crippen LogP contribution in [0.2, 0.25) is 0 Å². The van der Waals surface area contributed by atoms with Gasteiger partial charge in [-0.2, -0.15) is 0 Å². The Balaban J connectivity index is 1.24. The van der Waals surface area contributed by atoms with Crippen LogP contribution in [0.15, 0.2) is 66.7 Å². The highest BCUT2D eigenvalue weighted by atomic mass is 16.1. The minimum atomic E-state index is 0.0992. The van der Waals surface area contributed by atoms with Crippen LogP contribution in [0.5, 0.6) is 0 Å². The molecule has 0 saturated carbocycles. The normalized spacial score (nSPS) is 13.0. The number of fused-ring (bicyclic) bond motifs is 2. The summed E-state index contributed by atoms with van der Waals surface area (Å²) in [5.74, 6) is 0.0992. The number of para-hydroxylation sites is 1. The summed E-state index contributed by atoms with van der Waals surface area (Å²) in [6.07, 6.45) is 2.54. The van der Waals surface area contributed by atoms with Gasteiger partial charge in [0.1, 0.15) is 0 Å². The fourth-order valence-corrected chi connectivity index (χ4v) is 3.73. The average molecular weight is 344 g/mol. The van der Waals surface area contributed by atoms with Gasteiger partial charge in [0.15, 0.2) is 0 Å². The van der Waals surface area contributed by atoms with Gasteiger partial charge in [-0.1, -0.05) is 60.7 Å². The molecule has 1 N–H and O–H groups in total. The van der Waals surface area contributed by atoms with Crippen molar-refractivity contribution in [1.29, 1.82) is 0 Å². The summed E-state index contributed by atoms with van der Waals surface area (Å²) in [5.41, 5.74) is 3.86. The molecule has 0 bridgehead atoms. The second kappa shape index (κ2) is 7.61. The van der Waals surface area contributed by atoms with Crippen molar-refractivity contribution in [2.75, 3.05) is 24.5 Å². The summed E-state index contributed by atoms with van der Waals surface area (Å²) in [6, 6.07) is 23.1. The molecule has 1 heterocycles. The highest BCUT2D eigenvalue weighted by Gasteiger charge is 2.17. The highest BCUT2D eigenvalue weighted by Crippen LogP contribution is 2.27. The van der Waals surface area contributed by atoms with Crippen LogP contribution in [-0.2, 0) is 17.6 Å². The van der Waals surface area contributed by atoms with Crippen molar-refractivity contribution in [3.05, 3.63) is 77.9 Å². The molecule has 0 atom stereocenters. The third-order valence-electron chi connectivity index (χ3n) is 5.09. The Bertz CT molecular complexity index is 919. The maximum atomic E-state index is 12.2. The average Bonchev–Trinajstić information content (AvgIpc) is 3.08. The van der Waals surface area contributed by atoms with Crippen molar-refractivity contribution >= 4 is 22.4 Å². The van der Waals surface area contributed by atoms with E-state index in [2.05, 4.69) is 58.7 Å². The number of rotatable bonds is 6. The number of nitrogens with zero attached hydrogens (tertiary/aromatic N) is 1. The molecule has 132 valence electrons. The van der Waals surface area contributed by atoms with Gasteiger partial charge >= 0.3 is 0 Å². The van der Waals surface area contributed by atoms with E-state index in [1.54, 1.807) is 0 Å². The van der Waals surface area contributed by atoms with Crippen LogP contribution >= 0.6 is 0 Å². The van der Waals surface area contributed by atoms with Crippen molar-refractivity contribution < 1.29 is 4.79 Å². The van der Waals surface area contributed by atoms with Crippen molar-refractivity contribution in [2.45, 2.75) is 19.3 Å². The first-order valence-electron chi connectivity index (χ1n) is 9.37. The van der Waals surface area contributed by atoms with E-state index in [4.69, 9.17) is 0 Å². The molecule has 3 heteroatoms. The number of nitrogens with one attached hydrogen (secondary N) is 1. The smallest absolute Gasteiger partial charge is 0.224 e. The molecule has 1 aliphatic heterocycles. The summed E-state index contributed by atoms with van der Waals surface area (Å²) < 4.78 is 0. The fourth-order valence-electron chi connectivity index (χ4n) is 3.73. The predicted octanol–water partition coefficient (Wildman–Crippen LogP) is 3.95. The summed E-state index contributed by atoms with van der Waals surface area (Å²) in [4.78, 5) is 14.6. The molecule has 3 nitrogen and oxygen atoms in total. The van der Waals surface area contributed by atoms with Gasteiger partial charge in [0.25, 0.3) is 0 Å². The molecule has 1 amide bonds. The molecule has 3 aromatic rings. The predicted molar refractivity (Wildman–Crippen MR) is 108 cm³/mol. The van der Waals surface area contributed by atoms with Crippen LogP contribution < -0.4 is 10.2 Å². The van der Waals surface area contributed by atoms with Crippen LogP contribution in [0.3, 0.4) is 0 Å². The third kappa shape index (κ3) is 3.72. The number of benzene rings is 3. The van der Waals surface area contributed by atoms with Crippen LogP contribution in [0.4, 0.5) is 5.69 Å². The Kier molecular flexibility index (Phi) is 4.87. The second-order valence-electron chi connectivity index (χ2n) is 6.93. The van der Waals surface area contributed by atoms with Gasteiger partial charge in [0.2, 0.25) is 5.91 Å². The van der Waals surface area contributed by atoms with E-state index in [1.807, 2.05) is 18.2 Å². The van der Waals surface area contributed by atoms with E-state index < -0.39 is 0 Å². The zero-order valence-corrected chi connectivity index (χ0v) is 14.9. The monoisotopic (exact) mass is 344 g/mol. The first-order valence-corrected chi connectivity index (χ1v) is 9.37. The Morgan fingerprint density at radius 2 is 1.77 bits per heavy atom. The standard InChI is InChI=1S/C23H24N2O/c26-23(17-18-10-11-19-6-1-2-8-21(19)16-18)24-13-5-14-25-15-12-20-7-3-4-9-22(20)25/h1-4,6-11,16H,5,12-15,17H2,(H,24,26). The lowest BCUT2D eigenvalue weighted by Gasteiger charge is -2.19.